The maximum absolute atomic E-state index is 4.13. The number of halogens is 1. The van der Waals surface area contributed by atoms with Crippen LogP contribution in [0, 0.1) is 0 Å². The van der Waals surface area contributed by atoms with Crippen molar-refractivity contribution >= 4 is 46.9 Å². The van der Waals surface area contributed by atoms with Crippen LogP contribution in [0.25, 0.3) is 0 Å². The molecule has 0 amide bonds. The lowest BCUT2D eigenvalue weighted by Gasteiger charge is -2.10. The monoisotopic (exact) mass is 308 g/mol. The molecule has 0 unspecified atom stereocenters. The van der Waals surface area contributed by atoms with Crippen molar-refractivity contribution in [1.82, 2.24) is 0 Å². The van der Waals surface area contributed by atoms with Gasteiger partial charge in [-0.15, -0.1) is 0 Å². The highest BCUT2D eigenvalue weighted by Crippen LogP contribution is 2.18. The number of hydrogen-bond acceptors (Lipinski definition) is 3. The van der Waals surface area contributed by atoms with Gasteiger partial charge in [0.25, 0.3) is 0 Å². The molecule has 0 aliphatic rings. The van der Waals surface area contributed by atoms with Gasteiger partial charge in [0, 0.05) is 30.7 Å². The normalized spacial score (nSPS) is 9.77. The van der Waals surface area contributed by atoms with Crippen LogP contribution < -0.4 is 8.43 Å². The van der Waals surface area contributed by atoms with E-state index >= 15 is 0 Å². The number of hydrogen-bond donors (Lipinski definition) is 2. The lowest BCUT2D eigenvalue weighted by atomic mass is 10.3. The van der Waals surface area contributed by atoms with Gasteiger partial charge in [-0.3, -0.25) is 0 Å². The molecular formula is C9H13IN2S. The third-order valence-corrected chi connectivity index (χ3v) is 2.44. The molecule has 0 atom stereocenters. The Bertz CT molecular complexity index is 248. The second-order valence-electron chi connectivity index (χ2n) is 2.67. The molecule has 0 aliphatic heterocycles. The van der Waals surface area contributed by atoms with Crippen molar-refractivity contribution in [2.75, 3.05) is 27.8 Å². The summed E-state index contributed by atoms with van der Waals surface area (Å²) in [6.07, 6.45) is 0. The van der Waals surface area contributed by atoms with Gasteiger partial charge >= 0.3 is 0 Å². The van der Waals surface area contributed by atoms with E-state index in [4.69, 9.17) is 0 Å². The smallest absolute Gasteiger partial charge is 0.0588 e. The summed E-state index contributed by atoms with van der Waals surface area (Å²) < 4.78 is 2.06. The fourth-order valence-corrected chi connectivity index (χ4v) is 1.42. The van der Waals surface area contributed by atoms with Crippen molar-refractivity contribution < 1.29 is 0 Å². The van der Waals surface area contributed by atoms with E-state index in [2.05, 4.69) is 68.2 Å². The average molecular weight is 308 g/mol. The molecule has 1 aromatic carbocycles. The van der Waals surface area contributed by atoms with Crippen LogP contribution in [0.3, 0.4) is 0 Å². The first-order valence-corrected chi connectivity index (χ1v) is 5.68. The van der Waals surface area contributed by atoms with E-state index < -0.39 is 0 Å². The molecule has 13 heavy (non-hydrogen) atoms. The number of thiol groups is 1. The van der Waals surface area contributed by atoms with Crippen LogP contribution in [-0.4, -0.2) is 19.3 Å². The average Bonchev–Trinajstić information content (AvgIpc) is 2.15. The minimum absolute atomic E-state index is 0.855. The SMILES string of the molecule is CN(I)c1ccc(NCCS)cc1. The molecule has 0 saturated carbocycles. The van der Waals surface area contributed by atoms with Gasteiger partial charge in [0.05, 0.1) is 22.9 Å². The molecule has 0 aliphatic carbocycles. The van der Waals surface area contributed by atoms with Crippen molar-refractivity contribution in [2.24, 2.45) is 0 Å². The van der Waals surface area contributed by atoms with Gasteiger partial charge in [0.2, 0.25) is 0 Å². The van der Waals surface area contributed by atoms with E-state index in [1.807, 2.05) is 7.05 Å². The Balaban J connectivity index is 2.59. The summed E-state index contributed by atoms with van der Waals surface area (Å²) in [4.78, 5) is 0. The van der Waals surface area contributed by atoms with E-state index in [-0.39, 0.29) is 0 Å². The lowest BCUT2D eigenvalue weighted by Crippen LogP contribution is -2.03. The summed E-state index contributed by atoms with van der Waals surface area (Å²) in [5, 5.41) is 3.26. The van der Waals surface area contributed by atoms with Gasteiger partial charge in [-0.1, -0.05) is 0 Å². The Morgan fingerprint density at radius 2 is 2.00 bits per heavy atom. The van der Waals surface area contributed by atoms with Gasteiger partial charge in [0.15, 0.2) is 0 Å². The van der Waals surface area contributed by atoms with Crippen LogP contribution in [0.15, 0.2) is 24.3 Å². The van der Waals surface area contributed by atoms with Gasteiger partial charge in [-0.05, 0) is 24.3 Å². The third kappa shape index (κ3) is 3.64. The molecule has 0 saturated heterocycles. The van der Waals surface area contributed by atoms with Crippen LogP contribution in [0.1, 0.15) is 0 Å². The minimum atomic E-state index is 0.855. The summed E-state index contributed by atoms with van der Waals surface area (Å²) in [6, 6.07) is 8.34. The molecule has 1 aromatic rings. The third-order valence-electron chi connectivity index (χ3n) is 1.66. The van der Waals surface area contributed by atoms with Crippen LogP contribution in [0.4, 0.5) is 11.4 Å². The molecule has 0 fully saturated rings. The molecule has 0 bridgehead atoms. The molecule has 1 N–H and O–H groups in total. The van der Waals surface area contributed by atoms with Crippen molar-refractivity contribution in [3.05, 3.63) is 24.3 Å². The van der Waals surface area contributed by atoms with E-state index in [9.17, 15) is 0 Å². The molecular weight excluding hydrogens is 295 g/mol. The van der Waals surface area contributed by atoms with E-state index in [0.717, 1.165) is 18.0 Å². The Hall–Kier alpha value is -0.100. The van der Waals surface area contributed by atoms with Crippen LogP contribution in [-0.2, 0) is 0 Å². The quantitative estimate of drug-likeness (QED) is 0.505. The molecule has 0 spiro atoms. The molecule has 0 heterocycles. The molecule has 0 aromatic heterocycles. The largest absolute Gasteiger partial charge is 0.384 e. The number of nitrogens with one attached hydrogen (secondary N) is 1. The molecule has 72 valence electrons. The topological polar surface area (TPSA) is 15.3 Å². The second-order valence-corrected chi connectivity index (χ2v) is 4.57. The molecule has 0 radical (unpaired) electrons. The zero-order valence-corrected chi connectivity index (χ0v) is 10.5. The zero-order chi connectivity index (χ0) is 9.68. The predicted octanol–water partition coefficient (Wildman–Crippen LogP) is 2.81. The van der Waals surface area contributed by atoms with Gasteiger partial charge in [-0.2, -0.15) is 12.6 Å². The Labute approximate surface area is 98.6 Å². The lowest BCUT2D eigenvalue weighted by molar-refractivity contribution is 1.23. The number of anilines is 2. The second kappa shape index (κ2) is 5.59. The summed E-state index contributed by atoms with van der Waals surface area (Å²) >= 11 is 6.38. The highest BCUT2D eigenvalue weighted by atomic mass is 127. The van der Waals surface area contributed by atoms with E-state index in [1.54, 1.807) is 0 Å². The first-order valence-electron chi connectivity index (χ1n) is 4.08. The minimum Gasteiger partial charge on any atom is -0.384 e. The fourth-order valence-electron chi connectivity index (χ4n) is 0.985. The van der Waals surface area contributed by atoms with Gasteiger partial charge in [-0.25, -0.2) is 0 Å². The Morgan fingerprint density at radius 1 is 1.38 bits per heavy atom. The van der Waals surface area contributed by atoms with Crippen molar-refractivity contribution in [3.8, 4) is 0 Å². The number of nitrogens with zero attached hydrogens (tertiary/aromatic N) is 1. The van der Waals surface area contributed by atoms with Gasteiger partial charge < -0.3 is 8.43 Å². The summed E-state index contributed by atoms with van der Waals surface area (Å²) in [5.41, 5.74) is 2.35. The number of rotatable bonds is 4. The van der Waals surface area contributed by atoms with Crippen LogP contribution >= 0.6 is 35.5 Å². The summed E-state index contributed by atoms with van der Waals surface area (Å²) in [6.45, 7) is 0.905. The molecule has 1 rings (SSSR count). The van der Waals surface area contributed by atoms with Crippen LogP contribution in [0.2, 0.25) is 0 Å². The summed E-state index contributed by atoms with van der Waals surface area (Å²) in [7, 11) is 2.02. The molecule has 2 nitrogen and oxygen atoms in total. The highest BCUT2D eigenvalue weighted by Gasteiger charge is 1.95. The Morgan fingerprint density at radius 3 is 2.46 bits per heavy atom. The fraction of sp³-hybridized carbons (Fsp3) is 0.333. The van der Waals surface area contributed by atoms with Crippen LogP contribution in [0.5, 0.6) is 0 Å². The van der Waals surface area contributed by atoms with Crippen molar-refractivity contribution in [3.63, 3.8) is 0 Å². The maximum Gasteiger partial charge on any atom is 0.0588 e. The van der Waals surface area contributed by atoms with Gasteiger partial charge in [0.1, 0.15) is 0 Å². The Kier molecular flexibility index (Phi) is 4.72. The highest BCUT2D eigenvalue weighted by molar-refractivity contribution is 14.1. The maximum atomic E-state index is 4.13. The predicted molar refractivity (Wildman–Crippen MR) is 71.2 cm³/mol. The first-order chi connectivity index (χ1) is 6.24. The number of benzene rings is 1. The summed E-state index contributed by atoms with van der Waals surface area (Å²) in [5.74, 6) is 0.855. The molecule has 4 heteroatoms. The first kappa shape index (κ1) is 11.0. The van der Waals surface area contributed by atoms with E-state index in [0.29, 0.717) is 0 Å². The van der Waals surface area contributed by atoms with Crippen molar-refractivity contribution in [2.45, 2.75) is 0 Å². The van der Waals surface area contributed by atoms with E-state index in [1.165, 1.54) is 5.69 Å². The zero-order valence-electron chi connectivity index (χ0n) is 7.50. The standard InChI is InChI=1S/C9H13IN2S/c1-12(10)9-4-2-8(3-5-9)11-6-7-13/h2-5,11,13H,6-7H2,1H3. The van der Waals surface area contributed by atoms with Crippen molar-refractivity contribution in [1.29, 1.82) is 0 Å².